The molecule has 0 aromatic carbocycles. The minimum Gasteiger partial charge on any atom is -0.311 e. The van der Waals surface area contributed by atoms with E-state index in [0.717, 1.165) is 6.54 Å². The van der Waals surface area contributed by atoms with Crippen LogP contribution >= 0.6 is 11.3 Å². The monoisotopic (exact) mass is 266 g/mol. The van der Waals surface area contributed by atoms with Crippen LogP contribution in [0.15, 0.2) is 17.5 Å². The van der Waals surface area contributed by atoms with Gasteiger partial charge in [-0.2, -0.15) is 0 Å². The molecule has 1 aromatic heterocycles. The molecule has 1 N–H and O–H groups in total. The lowest BCUT2D eigenvalue weighted by Gasteiger charge is -2.38. The first kappa shape index (κ1) is 14.0. The van der Waals surface area contributed by atoms with E-state index in [9.17, 15) is 0 Å². The smallest absolute Gasteiger partial charge is 0.0195 e. The Hall–Kier alpha value is -0.380. The van der Waals surface area contributed by atoms with Gasteiger partial charge in [0.25, 0.3) is 0 Å². The maximum absolute atomic E-state index is 3.63. The van der Waals surface area contributed by atoms with Gasteiger partial charge in [0.1, 0.15) is 0 Å². The van der Waals surface area contributed by atoms with Gasteiger partial charge < -0.3 is 5.32 Å². The zero-order valence-corrected chi connectivity index (χ0v) is 12.7. The number of rotatable bonds is 5. The molecule has 0 aliphatic carbocycles. The average Bonchev–Trinajstić information content (AvgIpc) is 2.83. The molecule has 1 fully saturated rings. The van der Waals surface area contributed by atoms with Gasteiger partial charge in [0.05, 0.1) is 0 Å². The Morgan fingerprint density at radius 1 is 1.50 bits per heavy atom. The van der Waals surface area contributed by atoms with Crippen molar-refractivity contribution in [1.82, 2.24) is 10.2 Å². The molecule has 1 atom stereocenters. The van der Waals surface area contributed by atoms with E-state index < -0.39 is 0 Å². The Balaban J connectivity index is 1.92. The van der Waals surface area contributed by atoms with E-state index in [1.54, 1.807) is 0 Å². The molecule has 1 aliphatic rings. The first-order chi connectivity index (χ1) is 8.62. The van der Waals surface area contributed by atoms with Crippen molar-refractivity contribution in [3.63, 3.8) is 0 Å². The third-order valence-corrected chi connectivity index (χ3v) is 5.02. The summed E-state index contributed by atoms with van der Waals surface area (Å²) in [5.74, 6) is 0. The molecule has 0 radical (unpaired) electrons. The lowest BCUT2D eigenvalue weighted by Crippen LogP contribution is -2.53. The summed E-state index contributed by atoms with van der Waals surface area (Å²) in [6, 6.07) is 5.14. The van der Waals surface area contributed by atoms with Crippen molar-refractivity contribution >= 4 is 11.3 Å². The molecule has 0 amide bonds. The molecule has 2 nitrogen and oxygen atoms in total. The first-order valence-electron chi connectivity index (χ1n) is 7.11. The Morgan fingerprint density at radius 3 is 3.00 bits per heavy atom. The molecular formula is C15H26N2S. The van der Waals surface area contributed by atoms with Crippen LogP contribution in [0.5, 0.6) is 0 Å². The molecule has 1 aliphatic heterocycles. The summed E-state index contributed by atoms with van der Waals surface area (Å²) in [4.78, 5) is 4.14. The van der Waals surface area contributed by atoms with Crippen LogP contribution in [0.3, 0.4) is 0 Å². The molecule has 1 unspecified atom stereocenters. The van der Waals surface area contributed by atoms with Gasteiger partial charge in [-0.3, -0.25) is 4.90 Å². The van der Waals surface area contributed by atoms with Crippen molar-refractivity contribution in [2.24, 2.45) is 0 Å². The predicted molar refractivity (Wildman–Crippen MR) is 80.5 cm³/mol. The molecule has 0 spiro atoms. The van der Waals surface area contributed by atoms with Crippen LogP contribution in [0.4, 0.5) is 0 Å². The highest BCUT2D eigenvalue weighted by molar-refractivity contribution is 7.10. The highest BCUT2D eigenvalue weighted by Crippen LogP contribution is 2.28. The number of nitrogens with one attached hydrogen (secondary N) is 1. The van der Waals surface area contributed by atoms with Crippen LogP contribution in [0.2, 0.25) is 0 Å². The number of nitrogens with zero attached hydrogens (tertiary/aromatic N) is 1. The fourth-order valence-electron chi connectivity index (χ4n) is 2.88. The molecule has 102 valence electrons. The summed E-state index contributed by atoms with van der Waals surface area (Å²) in [7, 11) is 0. The summed E-state index contributed by atoms with van der Waals surface area (Å²) in [6.45, 7) is 11.7. The number of piperazine rings is 1. The van der Waals surface area contributed by atoms with Gasteiger partial charge in [0.15, 0.2) is 0 Å². The zero-order valence-electron chi connectivity index (χ0n) is 11.9. The molecule has 1 saturated heterocycles. The Labute approximate surface area is 115 Å². The molecule has 0 bridgehead atoms. The highest BCUT2D eigenvalue weighted by Gasteiger charge is 2.27. The maximum Gasteiger partial charge on any atom is 0.0195 e. The largest absolute Gasteiger partial charge is 0.311 e. The van der Waals surface area contributed by atoms with Crippen LogP contribution in [-0.2, 0) is 5.41 Å². The van der Waals surface area contributed by atoms with E-state index in [4.69, 9.17) is 0 Å². The predicted octanol–water partition coefficient (Wildman–Crippen LogP) is 3.10. The van der Waals surface area contributed by atoms with Gasteiger partial charge in [-0.25, -0.2) is 0 Å². The van der Waals surface area contributed by atoms with Crippen molar-refractivity contribution in [1.29, 1.82) is 0 Å². The van der Waals surface area contributed by atoms with E-state index in [1.165, 1.54) is 37.4 Å². The lowest BCUT2D eigenvalue weighted by atomic mass is 9.90. The van der Waals surface area contributed by atoms with E-state index in [1.807, 2.05) is 11.3 Å². The zero-order chi connectivity index (χ0) is 13.0. The summed E-state index contributed by atoms with van der Waals surface area (Å²) >= 11 is 1.89. The summed E-state index contributed by atoms with van der Waals surface area (Å²) in [5.41, 5.74) is 0.280. The Bertz CT molecular complexity index is 343. The van der Waals surface area contributed by atoms with E-state index in [2.05, 4.69) is 48.5 Å². The van der Waals surface area contributed by atoms with Crippen LogP contribution < -0.4 is 5.32 Å². The van der Waals surface area contributed by atoms with E-state index >= 15 is 0 Å². The quantitative estimate of drug-likeness (QED) is 0.881. The molecule has 1 aromatic rings. The lowest BCUT2D eigenvalue weighted by molar-refractivity contribution is 0.165. The third kappa shape index (κ3) is 3.56. The standard InChI is InChI=1S/C15H26N2S/c1-4-6-13-11-17(9-8-16-13)12-15(2,3)14-7-5-10-18-14/h5,7,10,13,16H,4,6,8-9,11-12H2,1-3H3. The van der Waals surface area contributed by atoms with Gasteiger partial charge >= 0.3 is 0 Å². The second-order valence-corrected chi connectivity index (χ2v) is 6.98. The van der Waals surface area contributed by atoms with Crippen molar-refractivity contribution in [3.05, 3.63) is 22.4 Å². The number of thiophene rings is 1. The van der Waals surface area contributed by atoms with Crippen molar-refractivity contribution in [3.8, 4) is 0 Å². The van der Waals surface area contributed by atoms with E-state index in [-0.39, 0.29) is 5.41 Å². The van der Waals surface area contributed by atoms with Gasteiger partial charge in [-0.05, 0) is 17.9 Å². The average molecular weight is 266 g/mol. The first-order valence-corrected chi connectivity index (χ1v) is 7.99. The molecule has 2 heterocycles. The SMILES string of the molecule is CCCC1CN(CC(C)(C)c2cccs2)CCN1. The van der Waals surface area contributed by atoms with E-state index in [0.29, 0.717) is 6.04 Å². The topological polar surface area (TPSA) is 15.3 Å². The summed E-state index contributed by atoms with van der Waals surface area (Å²) < 4.78 is 0. The third-order valence-electron chi connectivity index (χ3n) is 3.78. The number of hydrogen-bond acceptors (Lipinski definition) is 3. The summed E-state index contributed by atoms with van der Waals surface area (Å²) in [5, 5.41) is 5.82. The fourth-order valence-corrected chi connectivity index (χ4v) is 3.72. The van der Waals surface area contributed by atoms with Gasteiger partial charge in [-0.1, -0.05) is 33.3 Å². The highest BCUT2D eigenvalue weighted by atomic mass is 32.1. The van der Waals surface area contributed by atoms with Crippen molar-refractivity contribution < 1.29 is 0 Å². The van der Waals surface area contributed by atoms with Crippen molar-refractivity contribution in [2.75, 3.05) is 26.2 Å². The second kappa shape index (κ2) is 6.18. The molecular weight excluding hydrogens is 240 g/mol. The fraction of sp³-hybridized carbons (Fsp3) is 0.733. The van der Waals surface area contributed by atoms with Crippen LogP contribution in [0.1, 0.15) is 38.5 Å². The summed E-state index contributed by atoms with van der Waals surface area (Å²) in [6.07, 6.45) is 2.58. The molecule has 2 rings (SSSR count). The van der Waals surface area contributed by atoms with Crippen molar-refractivity contribution in [2.45, 2.75) is 45.1 Å². The maximum atomic E-state index is 3.63. The number of hydrogen-bond donors (Lipinski definition) is 1. The van der Waals surface area contributed by atoms with Gasteiger partial charge in [0.2, 0.25) is 0 Å². The van der Waals surface area contributed by atoms with Crippen LogP contribution in [0.25, 0.3) is 0 Å². The molecule has 18 heavy (non-hydrogen) atoms. The van der Waals surface area contributed by atoms with Gasteiger partial charge in [-0.15, -0.1) is 11.3 Å². The van der Waals surface area contributed by atoms with Gasteiger partial charge in [0, 0.05) is 42.5 Å². The normalized spacial score (nSPS) is 22.3. The minimum atomic E-state index is 0.280. The second-order valence-electron chi connectivity index (χ2n) is 6.04. The molecule has 3 heteroatoms. The Morgan fingerprint density at radius 2 is 2.33 bits per heavy atom. The Kier molecular flexibility index (Phi) is 4.82. The minimum absolute atomic E-state index is 0.280. The van der Waals surface area contributed by atoms with Crippen LogP contribution in [0, 0.1) is 0 Å². The molecule has 0 saturated carbocycles. The van der Waals surface area contributed by atoms with Crippen LogP contribution in [-0.4, -0.2) is 37.1 Å².